The predicted octanol–water partition coefficient (Wildman–Crippen LogP) is 6.84. The molecule has 154 valence electrons. The van der Waals surface area contributed by atoms with Crippen LogP contribution in [0.15, 0.2) is 42.5 Å². The van der Waals surface area contributed by atoms with Gasteiger partial charge in [-0.2, -0.15) is 0 Å². The minimum absolute atomic E-state index is 0.599. The van der Waals surface area contributed by atoms with Crippen LogP contribution < -0.4 is 4.74 Å². The van der Waals surface area contributed by atoms with E-state index in [9.17, 15) is 0 Å². The van der Waals surface area contributed by atoms with Crippen LogP contribution in [-0.2, 0) is 17.6 Å². The number of rotatable bonds is 14. The average Bonchev–Trinajstić information content (AvgIpc) is 2.72. The summed E-state index contributed by atoms with van der Waals surface area (Å²) in [7, 11) is 0. The standard InChI is InChI=1S/C26H38O2/c1-4-5-6-7-8-10-13-24-17-16-22(2)23(3)26(24)18-19-27-20-21-28-25-14-11-9-12-15-25/h9,11-12,14-17H,4-8,10,13,18-21H2,1-3H3. The predicted molar refractivity (Wildman–Crippen MR) is 119 cm³/mol. The Morgan fingerprint density at radius 2 is 1.46 bits per heavy atom. The molecule has 0 radical (unpaired) electrons. The van der Waals surface area contributed by atoms with Gasteiger partial charge in [0.25, 0.3) is 0 Å². The van der Waals surface area contributed by atoms with E-state index in [0.29, 0.717) is 13.2 Å². The second-order valence-electron chi connectivity index (χ2n) is 7.69. The number of unbranched alkanes of at least 4 members (excludes halogenated alkanes) is 5. The molecular weight excluding hydrogens is 344 g/mol. The van der Waals surface area contributed by atoms with Crippen LogP contribution in [0.1, 0.15) is 67.7 Å². The Morgan fingerprint density at radius 1 is 0.714 bits per heavy atom. The molecule has 2 aromatic carbocycles. The van der Waals surface area contributed by atoms with Crippen molar-refractivity contribution in [1.29, 1.82) is 0 Å². The fourth-order valence-corrected chi connectivity index (χ4v) is 3.62. The monoisotopic (exact) mass is 382 g/mol. The molecule has 28 heavy (non-hydrogen) atoms. The topological polar surface area (TPSA) is 18.5 Å². The molecule has 0 aromatic heterocycles. The highest BCUT2D eigenvalue weighted by Crippen LogP contribution is 2.21. The van der Waals surface area contributed by atoms with Gasteiger partial charge in [-0.05, 0) is 67.5 Å². The lowest BCUT2D eigenvalue weighted by Gasteiger charge is -2.15. The number of aryl methyl sites for hydroxylation is 2. The number of ether oxygens (including phenoxy) is 2. The molecule has 0 saturated heterocycles. The zero-order valence-corrected chi connectivity index (χ0v) is 18.1. The first-order chi connectivity index (χ1) is 13.7. The van der Waals surface area contributed by atoms with Crippen molar-refractivity contribution in [2.75, 3.05) is 19.8 Å². The third-order valence-corrected chi connectivity index (χ3v) is 5.50. The maximum absolute atomic E-state index is 5.85. The molecule has 0 bridgehead atoms. The van der Waals surface area contributed by atoms with E-state index in [0.717, 1.165) is 18.8 Å². The lowest BCUT2D eigenvalue weighted by atomic mass is 9.92. The Bertz CT molecular complexity index is 664. The second-order valence-corrected chi connectivity index (χ2v) is 7.69. The summed E-state index contributed by atoms with van der Waals surface area (Å²) in [6.07, 6.45) is 10.3. The summed E-state index contributed by atoms with van der Waals surface area (Å²) in [6.45, 7) is 8.73. The maximum Gasteiger partial charge on any atom is 0.119 e. The molecule has 0 N–H and O–H groups in total. The van der Waals surface area contributed by atoms with Gasteiger partial charge in [0.1, 0.15) is 12.4 Å². The van der Waals surface area contributed by atoms with Crippen molar-refractivity contribution in [3.05, 3.63) is 64.7 Å². The van der Waals surface area contributed by atoms with Crippen LogP contribution in [0.25, 0.3) is 0 Å². The molecule has 2 aromatic rings. The summed E-state index contributed by atoms with van der Waals surface area (Å²) in [4.78, 5) is 0. The summed E-state index contributed by atoms with van der Waals surface area (Å²) in [5, 5.41) is 0. The van der Waals surface area contributed by atoms with Gasteiger partial charge in [0.05, 0.1) is 13.2 Å². The molecule has 0 aliphatic heterocycles. The van der Waals surface area contributed by atoms with Crippen LogP contribution in [0.3, 0.4) is 0 Å². The molecule has 0 aliphatic rings. The molecule has 0 fully saturated rings. The van der Waals surface area contributed by atoms with Crippen LogP contribution in [0.2, 0.25) is 0 Å². The number of para-hydroxylation sites is 1. The normalized spacial score (nSPS) is 11.0. The van der Waals surface area contributed by atoms with Crippen molar-refractivity contribution in [1.82, 2.24) is 0 Å². The Morgan fingerprint density at radius 3 is 2.25 bits per heavy atom. The van der Waals surface area contributed by atoms with E-state index in [2.05, 4.69) is 32.9 Å². The number of hydrogen-bond acceptors (Lipinski definition) is 2. The van der Waals surface area contributed by atoms with E-state index in [-0.39, 0.29) is 0 Å². The summed E-state index contributed by atoms with van der Waals surface area (Å²) in [6, 6.07) is 14.5. The smallest absolute Gasteiger partial charge is 0.119 e. The lowest BCUT2D eigenvalue weighted by Crippen LogP contribution is -2.10. The van der Waals surface area contributed by atoms with Crippen LogP contribution >= 0.6 is 0 Å². The van der Waals surface area contributed by atoms with Gasteiger partial charge in [-0.15, -0.1) is 0 Å². The Balaban J connectivity index is 1.73. The van der Waals surface area contributed by atoms with Crippen LogP contribution in [0, 0.1) is 13.8 Å². The maximum atomic E-state index is 5.85. The van der Waals surface area contributed by atoms with Crippen molar-refractivity contribution >= 4 is 0 Å². The highest BCUT2D eigenvalue weighted by molar-refractivity contribution is 5.40. The summed E-state index contributed by atoms with van der Waals surface area (Å²) in [5.41, 5.74) is 5.84. The molecule has 0 unspecified atom stereocenters. The third-order valence-electron chi connectivity index (χ3n) is 5.50. The third kappa shape index (κ3) is 8.06. The van der Waals surface area contributed by atoms with E-state index in [4.69, 9.17) is 9.47 Å². The minimum Gasteiger partial charge on any atom is -0.491 e. The minimum atomic E-state index is 0.599. The van der Waals surface area contributed by atoms with E-state index >= 15 is 0 Å². The first kappa shape index (κ1) is 22.5. The van der Waals surface area contributed by atoms with Gasteiger partial charge in [-0.1, -0.05) is 69.4 Å². The van der Waals surface area contributed by atoms with Crippen LogP contribution in [0.4, 0.5) is 0 Å². The van der Waals surface area contributed by atoms with Crippen LogP contribution in [-0.4, -0.2) is 19.8 Å². The Hall–Kier alpha value is -1.80. The first-order valence-corrected chi connectivity index (χ1v) is 11.1. The zero-order chi connectivity index (χ0) is 20.0. The van der Waals surface area contributed by atoms with Gasteiger partial charge >= 0.3 is 0 Å². The molecule has 0 saturated carbocycles. The highest BCUT2D eigenvalue weighted by atomic mass is 16.5. The average molecular weight is 383 g/mol. The molecular formula is C26H38O2. The summed E-state index contributed by atoms with van der Waals surface area (Å²) in [5.74, 6) is 0.904. The SMILES string of the molecule is CCCCCCCCc1ccc(C)c(C)c1CCOCCOc1ccccc1. The largest absolute Gasteiger partial charge is 0.491 e. The lowest BCUT2D eigenvalue weighted by molar-refractivity contribution is 0.102. The molecule has 0 heterocycles. The zero-order valence-electron chi connectivity index (χ0n) is 18.1. The molecule has 2 nitrogen and oxygen atoms in total. The van der Waals surface area contributed by atoms with E-state index in [1.807, 2.05) is 30.3 Å². The quantitative estimate of drug-likeness (QED) is 0.333. The van der Waals surface area contributed by atoms with E-state index in [1.54, 1.807) is 0 Å². The van der Waals surface area contributed by atoms with Crippen molar-refractivity contribution in [2.24, 2.45) is 0 Å². The van der Waals surface area contributed by atoms with Crippen molar-refractivity contribution in [3.8, 4) is 5.75 Å². The highest BCUT2D eigenvalue weighted by Gasteiger charge is 2.08. The van der Waals surface area contributed by atoms with Gasteiger partial charge in [0.15, 0.2) is 0 Å². The number of hydrogen-bond donors (Lipinski definition) is 0. The fraction of sp³-hybridized carbons (Fsp3) is 0.538. The summed E-state index contributed by atoms with van der Waals surface area (Å²) >= 11 is 0. The van der Waals surface area contributed by atoms with Crippen molar-refractivity contribution < 1.29 is 9.47 Å². The van der Waals surface area contributed by atoms with Gasteiger partial charge < -0.3 is 9.47 Å². The van der Waals surface area contributed by atoms with E-state index in [1.165, 1.54) is 67.2 Å². The van der Waals surface area contributed by atoms with Gasteiger partial charge in [0, 0.05) is 0 Å². The Kier molecular flexibility index (Phi) is 10.8. The van der Waals surface area contributed by atoms with Gasteiger partial charge in [-0.25, -0.2) is 0 Å². The van der Waals surface area contributed by atoms with Gasteiger partial charge in [0.2, 0.25) is 0 Å². The van der Waals surface area contributed by atoms with Crippen molar-refractivity contribution in [2.45, 2.75) is 72.1 Å². The molecule has 2 rings (SSSR count). The van der Waals surface area contributed by atoms with Gasteiger partial charge in [-0.3, -0.25) is 0 Å². The molecule has 0 aliphatic carbocycles. The molecule has 2 heteroatoms. The van der Waals surface area contributed by atoms with E-state index < -0.39 is 0 Å². The Labute approximate surface area is 172 Å². The molecule has 0 amide bonds. The molecule has 0 spiro atoms. The summed E-state index contributed by atoms with van der Waals surface area (Å²) < 4.78 is 11.5. The molecule has 0 atom stereocenters. The number of benzene rings is 2. The van der Waals surface area contributed by atoms with Crippen LogP contribution in [0.5, 0.6) is 5.75 Å². The second kappa shape index (κ2) is 13.4. The fourth-order valence-electron chi connectivity index (χ4n) is 3.62. The van der Waals surface area contributed by atoms with Crippen molar-refractivity contribution in [3.63, 3.8) is 0 Å². The first-order valence-electron chi connectivity index (χ1n) is 11.1.